The van der Waals surface area contributed by atoms with Crippen LogP contribution < -0.4 is 0 Å². The van der Waals surface area contributed by atoms with E-state index in [-0.39, 0.29) is 17.8 Å². The molecule has 0 aliphatic carbocycles. The zero-order valence-electron chi connectivity index (χ0n) is 6.97. The molecule has 0 bridgehead atoms. The van der Waals surface area contributed by atoms with Gasteiger partial charge in [-0.25, -0.2) is 8.78 Å². The van der Waals surface area contributed by atoms with Crippen LogP contribution in [0.25, 0.3) is 0 Å². The molecular weight excluding hydrogens is 178 g/mol. The Bertz CT molecular complexity index is 324. The van der Waals surface area contributed by atoms with Crippen LogP contribution in [0.2, 0.25) is 0 Å². The number of carbonyl (C=O) groups is 1. The molecule has 0 saturated heterocycles. The van der Waals surface area contributed by atoms with Crippen LogP contribution in [0.1, 0.15) is 12.5 Å². The van der Waals surface area contributed by atoms with Gasteiger partial charge in [0.1, 0.15) is 23.2 Å². The van der Waals surface area contributed by atoms with E-state index < -0.39 is 17.4 Å². The van der Waals surface area contributed by atoms with Gasteiger partial charge in [-0.1, -0.05) is 0 Å². The van der Waals surface area contributed by atoms with Gasteiger partial charge in [-0.05, 0) is 6.92 Å². The van der Waals surface area contributed by atoms with E-state index in [1.807, 2.05) is 0 Å². The van der Waals surface area contributed by atoms with Gasteiger partial charge in [0, 0.05) is 24.1 Å². The SMILES string of the molecule is CC(=O)Cc1c(F)cc(O)cc1F. The van der Waals surface area contributed by atoms with E-state index in [4.69, 9.17) is 5.11 Å². The Morgan fingerprint density at radius 2 is 1.85 bits per heavy atom. The second-order valence-corrected chi connectivity index (χ2v) is 2.77. The van der Waals surface area contributed by atoms with Crippen molar-refractivity contribution < 1.29 is 18.7 Å². The zero-order chi connectivity index (χ0) is 10.0. The number of hydrogen-bond acceptors (Lipinski definition) is 2. The van der Waals surface area contributed by atoms with Crippen LogP contribution in [0.5, 0.6) is 5.75 Å². The molecule has 4 heteroatoms. The smallest absolute Gasteiger partial charge is 0.134 e. The summed E-state index contributed by atoms with van der Waals surface area (Å²) in [6, 6.07) is 1.56. The first kappa shape index (κ1) is 9.64. The molecule has 70 valence electrons. The third kappa shape index (κ3) is 2.24. The number of benzene rings is 1. The molecule has 0 aliphatic heterocycles. The third-order valence-corrected chi connectivity index (χ3v) is 1.55. The fourth-order valence-corrected chi connectivity index (χ4v) is 1.01. The van der Waals surface area contributed by atoms with Crippen molar-refractivity contribution in [3.63, 3.8) is 0 Å². The summed E-state index contributed by atoms with van der Waals surface area (Å²) in [5, 5.41) is 8.79. The van der Waals surface area contributed by atoms with Crippen molar-refractivity contribution in [1.29, 1.82) is 0 Å². The highest BCUT2D eigenvalue weighted by molar-refractivity contribution is 5.78. The molecule has 0 unspecified atom stereocenters. The Morgan fingerprint density at radius 3 is 2.23 bits per heavy atom. The summed E-state index contributed by atoms with van der Waals surface area (Å²) < 4.78 is 25.8. The lowest BCUT2D eigenvalue weighted by Crippen LogP contribution is -2.02. The molecule has 0 heterocycles. The lowest BCUT2D eigenvalue weighted by Gasteiger charge is -2.02. The normalized spacial score (nSPS) is 10.1. The van der Waals surface area contributed by atoms with Crippen molar-refractivity contribution >= 4 is 5.78 Å². The van der Waals surface area contributed by atoms with E-state index in [2.05, 4.69) is 0 Å². The maximum atomic E-state index is 12.9. The molecule has 0 spiro atoms. The highest BCUT2D eigenvalue weighted by Gasteiger charge is 2.12. The van der Waals surface area contributed by atoms with Crippen LogP contribution in [0.3, 0.4) is 0 Å². The summed E-state index contributed by atoms with van der Waals surface area (Å²) >= 11 is 0. The van der Waals surface area contributed by atoms with Crippen LogP contribution in [0.15, 0.2) is 12.1 Å². The number of halogens is 2. The van der Waals surface area contributed by atoms with Gasteiger partial charge in [-0.2, -0.15) is 0 Å². The van der Waals surface area contributed by atoms with Crippen LogP contribution in [0.4, 0.5) is 8.78 Å². The quantitative estimate of drug-likeness (QED) is 0.764. The Morgan fingerprint density at radius 1 is 1.38 bits per heavy atom. The predicted octanol–water partition coefficient (Wildman–Crippen LogP) is 1.80. The molecule has 1 aromatic rings. The van der Waals surface area contributed by atoms with Crippen LogP contribution in [0, 0.1) is 11.6 Å². The minimum absolute atomic E-state index is 0.294. The summed E-state index contributed by atoms with van der Waals surface area (Å²) in [7, 11) is 0. The van der Waals surface area contributed by atoms with E-state index in [1.165, 1.54) is 6.92 Å². The Labute approximate surface area is 73.8 Å². The van der Waals surface area contributed by atoms with E-state index in [1.54, 1.807) is 0 Å². The summed E-state index contributed by atoms with van der Waals surface area (Å²) in [6.45, 7) is 1.24. The molecule has 1 rings (SSSR count). The summed E-state index contributed by atoms with van der Waals surface area (Å²) in [5.41, 5.74) is -0.301. The summed E-state index contributed by atoms with van der Waals surface area (Å²) in [4.78, 5) is 10.6. The minimum Gasteiger partial charge on any atom is -0.508 e. The van der Waals surface area contributed by atoms with Gasteiger partial charge < -0.3 is 5.11 Å². The van der Waals surface area contributed by atoms with Crippen molar-refractivity contribution in [2.75, 3.05) is 0 Å². The average molecular weight is 186 g/mol. The van der Waals surface area contributed by atoms with Crippen molar-refractivity contribution in [3.05, 3.63) is 29.3 Å². The number of ketones is 1. The maximum absolute atomic E-state index is 12.9. The molecule has 0 fully saturated rings. The number of Topliss-reactive ketones (excluding diaryl/α,β-unsaturated/α-hetero) is 1. The molecule has 0 aromatic heterocycles. The molecule has 2 nitrogen and oxygen atoms in total. The fourth-order valence-electron chi connectivity index (χ4n) is 1.01. The monoisotopic (exact) mass is 186 g/mol. The predicted molar refractivity (Wildman–Crippen MR) is 42.4 cm³/mol. The van der Waals surface area contributed by atoms with Crippen LogP contribution in [-0.2, 0) is 11.2 Å². The van der Waals surface area contributed by atoms with Gasteiger partial charge in [0.05, 0.1) is 0 Å². The lowest BCUT2D eigenvalue weighted by molar-refractivity contribution is -0.116. The largest absolute Gasteiger partial charge is 0.508 e. The molecule has 0 aliphatic rings. The number of phenols is 1. The first-order chi connectivity index (χ1) is 6.00. The Balaban J connectivity index is 3.13. The van der Waals surface area contributed by atoms with Crippen LogP contribution in [-0.4, -0.2) is 10.9 Å². The molecule has 1 N–H and O–H groups in total. The molecule has 0 radical (unpaired) electrons. The lowest BCUT2D eigenvalue weighted by atomic mass is 10.1. The fraction of sp³-hybridized carbons (Fsp3) is 0.222. The number of rotatable bonds is 2. The molecule has 13 heavy (non-hydrogen) atoms. The molecule has 1 aromatic carbocycles. The summed E-state index contributed by atoms with van der Waals surface area (Å²) in [5.74, 6) is -2.61. The van der Waals surface area contributed by atoms with Crippen molar-refractivity contribution in [2.24, 2.45) is 0 Å². The van der Waals surface area contributed by atoms with Gasteiger partial charge in [-0.15, -0.1) is 0 Å². The highest BCUT2D eigenvalue weighted by Crippen LogP contribution is 2.19. The maximum Gasteiger partial charge on any atom is 0.134 e. The van der Waals surface area contributed by atoms with E-state index in [0.29, 0.717) is 0 Å². The van der Waals surface area contributed by atoms with Crippen molar-refractivity contribution in [2.45, 2.75) is 13.3 Å². The Kier molecular flexibility index (Phi) is 2.60. The minimum atomic E-state index is -0.896. The number of phenolic OH excluding ortho intramolecular Hbond substituents is 1. The van der Waals surface area contributed by atoms with Crippen LogP contribution >= 0.6 is 0 Å². The van der Waals surface area contributed by atoms with Crippen molar-refractivity contribution in [3.8, 4) is 5.75 Å². The standard InChI is InChI=1S/C9H8F2O2/c1-5(12)2-7-8(10)3-6(13)4-9(7)11/h3-4,13H,2H2,1H3. The third-order valence-electron chi connectivity index (χ3n) is 1.55. The van der Waals surface area contributed by atoms with E-state index >= 15 is 0 Å². The second kappa shape index (κ2) is 3.51. The second-order valence-electron chi connectivity index (χ2n) is 2.77. The number of carbonyl (C=O) groups excluding carboxylic acids is 1. The molecule has 0 amide bonds. The highest BCUT2D eigenvalue weighted by atomic mass is 19.1. The van der Waals surface area contributed by atoms with Gasteiger partial charge in [-0.3, -0.25) is 4.79 Å². The molecule has 0 saturated carbocycles. The zero-order valence-corrected chi connectivity index (χ0v) is 6.97. The summed E-state index contributed by atoms with van der Waals surface area (Å²) in [6.07, 6.45) is -0.294. The molecule has 0 atom stereocenters. The Hall–Kier alpha value is -1.45. The number of hydrogen-bond donors (Lipinski definition) is 1. The van der Waals surface area contributed by atoms with E-state index in [9.17, 15) is 13.6 Å². The first-order valence-corrected chi connectivity index (χ1v) is 3.67. The first-order valence-electron chi connectivity index (χ1n) is 3.67. The van der Waals surface area contributed by atoms with Crippen molar-refractivity contribution in [1.82, 2.24) is 0 Å². The topological polar surface area (TPSA) is 37.3 Å². The van der Waals surface area contributed by atoms with Gasteiger partial charge in [0.25, 0.3) is 0 Å². The van der Waals surface area contributed by atoms with Gasteiger partial charge in [0.2, 0.25) is 0 Å². The van der Waals surface area contributed by atoms with Gasteiger partial charge in [0.15, 0.2) is 0 Å². The van der Waals surface area contributed by atoms with E-state index in [0.717, 1.165) is 12.1 Å². The van der Waals surface area contributed by atoms with Gasteiger partial charge >= 0.3 is 0 Å². The number of aromatic hydroxyl groups is 1. The average Bonchev–Trinajstić information content (AvgIpc) is 1.96. The molecular formula is C9H8F2O2.